The maximum atomic E-state index is 9.37. The van der Waals surface area contributed by atoms with Crippen molar-refractivity contribution in [2.24, 2.45) is 5.73 Å². The highest BCUT2D eigenvalue weighted by molar-refractivity contribution is 5.84. The minimum atomic E-state index is -0.472. The predicted octanol–water partition coefficient (Wildman–Crippen LogP) is 0.886. The van der Waals surface area contributed by atoms with Gasteiger partial charge in [-0.25, -0.2) is 0 Å². The van der Waals surface area contributed by atoms with Crippen molar-refractivity contribution in [3.05, 3.63) is 35.5 Å². The number of aromatic nitrogens is 1. The first-order valence-corrected chi connectivity index (χ1v) is 5.87. The van der Waals surface area contributed by atoms with E-state index < -0.39 is 6.10 Å². The lowest BCUT2D eigenvalue weighted by atomic mass is 10.1. The zero-order chi connectivity index (χ0) is 12.3. The third-order valence-electron chi connectivity index (χ3n) is 2.98. The molecule has 5 N–H and O–H groups in total. The quantitative estimate of drug-likeness (QED) is 0.619. The number of aryl methyl sites for hydroxylation is 1. The number of para-hydroxylation sites is 1. The molecule has 0 saturated heterocycles. The number of hydrogen-bond acceptors (Lipinski definition) is 3. The smallest absolute Gasteiger partial charge is 0.0786 e. The highest BCUT2D eigenvalue weighted by Gasteiger charge is 2.07. The molecule has 0 bridgehead atoms. The van der Waals surface area contributed by atoms with Crippen LogP contribution in [0.5, 0.6) is 0 Å². The van der Waals surface area contributed by atoms with Crippen molar-refractivity contribution in [1.82, 2.24) is 10.3 Å². The van der Waals surface area contributed by atoms with E-state index in [1.54, 1.807) is 0 Å². The molecule has 1 heterocycles. The Morgan fingerprint density at radius 2 is 2.18 bits per heavy atom. The van der Waals surface area contributed by atoms with E-state index in [0.29, 0.717) is 13.1 Å². The van der Waals surface area contributed by atoms with Crippen molar-refractivity contribution in [1.29, 1.82) is 0 Å². The van der Waals surface area contributed by atoms with Gasteiger partial charge in [0.2, 0.25) is 0 Å². The minimum Gasteiger partial charge on any atom is -0.390 e. The van der Waals surface area contributed by atoms with E-state index in [0.717, 1.165) is 12.1 Å². The summed E-state index contributed by atoms with van der Waals surface area (Å²) in [6.45, 7) is 3.62. The lowest BCUT2D eigenvalue weighted by Gasteiger charge is -2.09. The van der Waals surface area contributed by atoms with Crippen LogP contribution in [0.1, 0.15) is 11.3 Å². The summed E-state index contributed by atoms with van der Waals surface area (Å²) in [6, 6.07) is 8.23. The third-order valence-corrected chi connectivity index (χ3v) is 2.98. The van der Waals surface area contributed by atoms with Crippen molar-refractivity contribution < 1.29 is 5.11 Å². The van der Waals surface area contributed by atoms with Gasteiger partial charge in [0, 0.05) is 36.2 Å². The molecular formula is C13H19N3O. The van der Waals surface area contributed by atoms with E-state index in [9.17, 15) is 5.11 Å². The first-order valence-electron chi connectivity index (χ1n) is 5.87. The van der Waals surface area contributed by atoms with E-state index in [-0.39, 0.29) is 0 Å². The molecule has 2 rings (SSSR count). The molecule has 4 heteroatoms. The van der Waals surface area contributed by atoms with Gasteiger partial charge in [-0.15, -0.1) is 0 Å². The SMILES string of the molecule is Cc1[nH]c2ccccc2c1CNCC(O)CN. The molecule has 92 valence electrons. The maximum absolute atomic E-state index is 9.37. The molecule has 0 aliphatic rings. The molecular weight excluding hydrogens is 214 g/mol. The Morgan fingerprint density at radius 1 is 1.41 bits per heavy atom. The maximum Gasteiger partial charge on any atom is 0.0786 e. The number of H-pyrrole nitrogens is 1. The molecule has 0 spiro atoms. The molecule has 0 saturated carbocycles. The number of rotatable bonds is 5. The highest BCUT2D eigenvalue weighted by Crippen LogP contribution is 2.21. The van der Waals surface area contributed by atoms with E-state index >= 15 is 0 Å². The Hall–Kier alpha value is -1.36. The lowest BCUT2D eigenvalue weighted by molar-refractivity contribution is 0.179. The second-order valence-electron chi connectivity index (χ2n) is 4.29. The zero-order valence-electron chi connectivity index (χ0n) is 10.0. The summed E-state index contributed by atoms with van der Waals surface area (Å²) in [5.74, 6) is 0. The molecule has 0 fully saturated rings. The second-order valence-corrected chi connectivity index (χ2v) is 4.29. The van der Waals surface area contributed by atoms with E-state index in [1.807, 2.05) is 12.1 Å². The van der Waals surface area contributed by atoms with Gasteiger partial charge in [0.1, 0.15) is 0 Å². The fourth-order valence-electron chi connectivity index (χ4n) is 2.01. The molecule has 4 nitrogen and oxygen atoms in total. The molecule has 1 aromatic carbocycles. The van der Waals surface area contributed by atoms with Crippen LogP contribution >= 0.6 is 0 Å². The fraction of sp³-hybridized carbons (Fsp3) is 0.385. The van der Waals surface area contributed by atoms with E-state index in [4.69, 9.17) is 5.73 Å². The van der Waals surface area contributed by atoms with Gasteiger partial charge in [0.25, 0.3) is 0 Å². The van der Waals surface area contributed by atoms with Crippen LogP contribution in [0.4, 0.5) is 0 Å². The van der Waals surface area contributed by atoms with Crippen molar-refractivity contribution in [2.75, 3.05) is 13.1 Å². The van der Waals surface area contributed by atoms with Crippen LogP contribution in [-0.4, -0.2) is 29.3 Å². The summed E-state index contributed by atoms with van der Waals surface area (Å²) in [6.07, 6.45) is -0.472. The van der Waals surface area contributed by atoms with Crippen LogP contribution < -0.4 is 11.1 Å². The zero-order valence-corrected chi connectivity index (χ0v) is 10.0. The molecule has 0 aliphatic heterocycles. The summed E-state index contributed by atoms with van der Waals surface area (Å²) in [7, 11) is 0. The third kappa shape index (κ3) is 2.66. The highest BCUT2D eigenvalue weighted by atomic mass is 16.3. The summed E-state index contributed by atoms with van der Waals surface area (Å²) in [4.78, 5) is 3.35. The molecule has 1 unspecified atom stereocenters. The summed E-state index contributed by atoms with van der Waals surface area (Å²) < 4.78 is 0. The summed E-state index contributed by atoms with van der Waals surface area (Å²) in [5, 5.41) is 13.8. The molecule has 2 aromatic rings. The molecule has 0 aliphatic carbocycles. The van der Waals surface area contributed by atoms with Crippen LogP contribution in [0.15, 0.2) is 24.3 Å². The van der Waals surface area contributed by atoms with Gasteiger partial charge in [-0.3, -0.25) is 0 Å². The molecule has 1 aromatic heterocycles. The van der Waals surface area contributed by atoms with Crippen LogP contribution in [0.3, 0.4) is 0 Å². The number of hydrogen-bond donors (Lipinski definition) is 4. The number of benzene rings is 1. The van der Waals surface area contributed by atoms with E-state index in [2.05, 4.69) is 29.4 Å². The van der Waals surface area contributed by atoms with Gasteiger partial charge >= 0.3 is 0 Å². The fourth-order valence-corrected chi connectivity index (χ4v) is 2.01. The number of aromatic amines is 1. The number of aliphatic hydroxyl groups excluding tert-OH is 1. The largest absolute Gasteiger partial charge is 0.390 e. The number of nitrogens with one attached hydrogen (secondary N) is 2. The molecule has 0 amide bonds. The number of aliphatic hydroxyl groups is 1. The van der Waals surface area contributed by atoms with Crippen LogP contribution in [0.2, 0.25) is 0 Å². The van der Waals surface area contributed by atoms with Crippen molar-refractivity contribution >= 4 is 10.9 Å². The average molecular weight is 233 g/mol. The normalized spacial score (nSPS) is 13.1. The van der Waals surface area contributed by atoms with Crippen molar-refractivity contribution in [2.45, 2.75) is 19.6 Å². The standard InChI is InChI=1S/C13H19N3O/c1-9-12(8-15-7-10(17)6-14)11-4-2-3-5-13(11)16-9/h2-5,10,15-17H,6-8,14H2,1H3. The van der Waals surface area contributed by atoms with Gasteiger partial charge in [-0.2, -0.15) is 0 Å². The molecule has 17 heavy (non-hydrogen) atoms. The first kappa shape index (κ1) is 12.1. The van der Waals surface area contributed by atoms with Gasteiger partial charge in [-0.1, -0.05) is 18.2 Å². The van der Waals surface area contributed by atoms with Crippen LogP contribution in [0.25, 0.3) is 10.9 Å². The van der Waals surface area contributed by atoms with Gasteiger partial charge in [0.05, 0.1) is 6.10 Å². The van der Waals surface area contributed by atoms with Crippen LogP contribution in [0, 0.1) is 6.92 Å². The molecule has 0 radical (unpaired) electrons. The average Bonchev–Trinajstić information content (AvgIpc) is 2.66. The Kier molecular flexibility index (Phi) is 3.78. The van der Waals surface area contributed by atoms with Gasteiger partial charge in [-0.05, 0) is 18.6 Å². The topological polar surface area (TPSA) is 74.1 Å². The van der Waals surface area contributed by atoms with E-state index in [1.165, 1.54) is 16.6 Å². The monoisotopic (exact) mass is 233 g/mol. The first-order chi connectivity index (χ1) is 8.22. The number of fused-ring (bicyclic) bond motifs is 1. The summed E-state index contributed by atoms with van der Waals surface area (Å²) in [5.41, 5.74) is 8.93. The van der Waals surface area contributed by atoms with Gasteiger partial charge < -0.3 is 21.1 Å². The Balaban J connectivity index is 2.10. The second kappa shape index (κ2) is 5.31. The van der Waals surface area contributed by atoms with Crippen molar-refractivity contribution in [3.8, 4) is 0 Å². The van der Waals surface area contributed by atoms with Gasteiger partial charge in [0.15, 0.2) is 0 Å². The lowest BCUT2D eigenvalue weighted by Crippen LogP contribution is -2.32. The van der Waals surface area contributed by atoms with Crippen molar-refractivity contribution in [3.63, 3.8) is 0 Å². The summed E-state index contributed by atoms with van der Waals surface area (Å²) >= 11 is 0. The Bertz CT molecular complexity index is 492. The predicted molar refractivity (Wildman–Crippen MR) is 69.8 cm³/mol. The minimum absolute atomic E-state index is 0.292. The Labute approximate surface area is 101 Å². The Morgan fingerprint density at radius 3 is 2.94 bits per heavy atom. The number of nitrogens with two attached hydrogens (primary N) is 1. The molecule has 1 atom stereocenters. The van der Waals surface area contributed by atoms with Crippen LogP contribution in [-0.2, 0) is 6.54 Å².